The molecule has 1 N–H and O–H groups in total. The molecule has 0 aromatic carbocycles. The highest BCUT2D eigenvalue weighted by Crippen LogP contribution is 2.24. The lowest BCUT2D eigenvalue weighted by Gasteiger charge is -2.16. The SMILES string of the molecule is CCc1nn(C)c(C(=O)N[C@@H](Cc2ccsc2)c2nc(C)cs2)c1C. The van der Waals surface area contributed by atoms with Crippen molar-refractivity contribution in [3.63, 3.8) is 0 Å². The summed E-state index contributed by atoms with van der Waals surface area (Å²) in [5.41, 5.74) is 4.73. The van der Waals surface area contributed by atoms with E-state index >= 15 is 0 Å². The molecule has 7 heteroatoms. The van der Waals surface area contributed by atoms with E-state index in [1.54, 1.807) is 27.4 Å². The van der Waals surface area contributed by atoms with Crippen molar-refractivity contribution in [2.75, 3.05) is 0 Å². The number of thiophene rings is 1. The highest BCUT2D eigenvalue weighted by molar-refractivity contribution is 7.09. The van der Waals surface area contributed by atoms with Gasteiger partial charge in [0.15, 0.2) is 0 Å². The summed E-state index contributed by atoms with van der Waals surface area (Å²) in [4.78, 5) is 17.5. The third-order valence-electron chi connectivity index (χ3n) is 4.19. The van der Waals surface area contributed by atoms with Crippen LogP contribution in [0.15, 0.2) is 22.2 Å². The van der Waals surface area contributed by atoms with Crippen molar-refractivity contribution in [2.24, 2.45) is 7.05 Å². The van der Waals surface area contributed by atoms with Crippen LogP contribution < -0.4 is 5.32 Å². The summed E-state index contributed by atoms with van der Waals surface area (Å²) in [5.74, 6) is -0.0970. The zero-order valence-corrected chi connectivity index (χ0v) is 16.5. The van der Waals surface area contributed by atoms with Crippen LogP contribution in [0, 0.1) is 13.8 Å². The van der Waals surface area contributed by atoms with Crippen LogP contribution in [0.3, 0.4) is 0 Å². The first-order valence-electron chi connectivity index (χ1n) is 8.26. The fourth-order valence-electron chi connectivity index (χ4n) is 2.94. The standard InChI is InChI=1S/C18H22N4OS2/c1-5-14-12(3)16(22(4)21-14)17(23)20-15(8-13-6-7-24-10-13)18-19-11(2)9-25-18/h6-7,9-10,15H,5,8H2,1-4H3,(H,20,23)/t15-/m0/s1. The summed E-state index contributed by atoms with van der Waals surface area (Å²) in [6.07, 6.45) is 1.55. The van der Waals surface area contributed by atoms with Gasteiger partial charge in [0.25, 0.3) is 5.91 Å². The van der Waals surface area contributed by atoms with Gasteiger partial charge in [0.05, 0.1) is 11.7 Å². The van der Waals surface area contributed by atoms with Crippen molar-refractivity contribution in [2.45, 2.75) is 39.7 Å². The van der Waals surface area contributed by atoms with Crippen LogP contribution in [-0.2, 0) is 19.9 Å². The van der Waals surface area contributed by atoms with E-state index < -0.39 is 0 Å². The summed E-state index contributed by atoms with van der Waals surface area (Å²) in [5, 5.41) is 14.8. The molecule has 0 aliphatic heterocycles. The molecule has 0 aliphatic rings. The Hall–Kier alpha value is -1.99. The molecule has 5 nitrogen and oxygen atoms in total. The zero-order chi connectivity index (χ0) is 18.0. The lowest BCUT2D eigenvalue weighted by atomic mass is 10.1. The molecule has 3 aromatic heterocycles. The Labute approximate surface area is 155 Å². The number of aryl methyl sites for hydroxylation is 3. The summed E-state index contributed by atoms with van der Waals surface area (Å²) in [6, 6.07) is 1.95. The third-order valence-corrected chi connectivity index (χ3v) is 6.00. The predicted molar refractivity (Wildman–Crippen MR) is 102 cm³/mol. The molecule has 0 saturated carbocycles. The van der Waals surface area contributed by atoms with E-state index in [0.717, 1.165) is 34.8 Å². The largest absolute Gasteiger partial charge is 0.341 e. The van der Waals surface area contributed by atoms with Gasteiger partial charge in [-0.05, 0) is 42.7 Å². The molecule has 25 heavy (non-hydrogen) atoms. The number of thiazole rings is 1. The summed E-state index contributed by atoms with van der Waals surface area (Å²) >= 11 is 3.25. The molecule has 0 fully saturated rings. The molecule has 3 aromatic rings. The van der Waals surface area contributed by atoms with E-state index in [4.69, 9.17) is 0 Å². The maximum atomic E-state index is 12.9. The maximum absolute atomic E-state index is 12.9. The first-order valence-corrected chi connectivity index (χ1v) is 10.1. The van der Waals surface area contributed by atoms with E-state index in [-0.39, 0.29) is 11.9 Å². The molecule has 0 bridgehead atoms. The predicted octanol–water partition coefficient (Wildman–Crippen LogP) is 3.83. The van der Waals surface area contributed by atoms with E-state index in [1.807, 2.05) is 26.3 Å². The lowest BCUT2D eigenvalue weighted by Crippen LogP contribution is -2.31. The number of amides is 1. The Morgan fingerprint density at radius 3 is 2.72 bits per heavy atom. The lowest BCUT2D eigenvalue weighted by molar-refractivity contribution is 0.0926. The van der Waals surface area contributed by atoms with Gasteiger partial charge in [0.1, 0.15) is 10.7 Å². The minimum Gasteiger partial charge on any atom is -0.341 e. The van der Waals surface area contributed by atoms with Crippen LogP contribution in [0.1, 0.15) is 51.0 Å². The molecule has 0 unspecified atom stereocenters. The molecule has 1 atom stereocenters. The topological polar surface area (TPSA) is 59.8 Å². The van der Waals surface area contributed by atoms with Crippen LogP contribution in [-0.4, -0.2) is 20.7 Å². The second-order valence-electron chi connectivity index (χ2n) is 6.09. The average Bonchev–Trinajstić information content (AvgIpc) is 3.28. The number of nitrogens with zero attached hydrogens (tertiary/aromatic N) is 3. The van der Waals surface area contributed by atoms with Crippen LogP contribution in [0.2, 0.25) is 0 Å². The van der Waals surface area contributed by atoms with Crippen molar-refractivity contribution in [1.82, 2.24) is 20.1 Å². The van der Waals surface area contributed by atoms with Crippen molar-refractivity contribution < 1.29 is 4.79 Å². The number of hydrogen-bond acceptors (Lipinski definition) is 5. The molecular weight excluding hydrogens is 352 g/mol. The van der Waals surface area contributed by atoms with Crippen LogP contribution in [0.5, 0.6) is 0 Å². The molecule has 0 saturated heterocycles. The number of aromatic nitrogens is 3. The molecule has 0 radical (unpaired) electrons. The second-order valence-corrected chi connectivity index (χ2v) is 7.76. The van der Waals surface area contributed by atoms with Gasteiger partial charge in [-0.15, -0.1) is 11.3 Å². The van der Waals surface area contributed by atoms with Gasteiger partial charge in [-0.1, -0.05) is 6.92 Å². The summed E-state index contributed by atoms with van der Waals surface area (Å²) in [7, 11) is 1.82. The molecule has 3 heterocycles. The highest BCUT2D eigenvalue weighted by Gasteiger charge is 2.23. The first-order chi connectivity index (χ1) is 12.0. The number of rotatable bonds is 6. The minimum atomic E-state index is -0.139. The van der Waals surface area contributed by atoms with Gasteiger partial charge in [-0.25, -0.2) is 4.98 Å². The minimum absolute atomic E-state index is 0.0970. The highest BCUT2D eigenvalue weighted by atomic mass is 32.1. The third kappa shape index (κ3) is 3.82. The number of hydrogen-bond donors (Lipinski definition) is 1. The fraction of sp³-hybridized carbons (Fsp3) is 0.389. The second kappa shape index (κ2) is 7.49. The monoisotopic (exact) mass is 374 g/mol. The molecular formula is C18H22N4OS2. The number of nitrogens with one attached hydrogen (secondary N) is 1. The van der Waals surface area contributed by atoms with Crippen molar-refractivity contribution in [1.29, 1.82) is 0 Å². The Balaban J connectivity index is 1.87. The van der Waals surface area contributed by atoms with Crippen molar-refractivity contribution >= 4 is 28.6 Å². The average molecular weight is 375 g/mol. The van der Waals surface area contributed by atoms with Gasteiger partial charge in [0, 0.05) is 30.1 Å². The molecule has 132 valence electrons. The van der Waals surface area contributed by atoms with Gasteiger partial charge >= 0.3 is 0 Å². The zero-order valence-electron chi connectivity index (χ0n) is 14.9. The van der Waals surface area contributed by atoms with Gasteiger partial charge in [-0.2, -0.15) is 16.4 Å². The Kier molecular flexibility index (Phi) is 5.34. The van der Waals surface area contributed by atoms with E-state index in [0.29, 0.717) is 5.69 Å². The Morgan fingerprint density at radius 1 is 1.36 bits per heavy atom. The molecule has 1 amide bonds. The normalized spacial score (nSPS) is 12.3. The quantitative estimate of drug-likeness (QED) is 0.713. The van der Waals surface area contributed by atoms with Gasteiger partial charge < -0.3 is 5.32 Å². The van der Waals surface area contributed by atoms with Crippen molar-refractivity contribution in [3.05, 3.63) is 55.4 Å². The maximum Gasteiger partial charge on any atom is 0.270 e. The first kappa shape index (κ1) is 17.8. The molecule has 0 aliphatic carbocycles. The summed E-state index contributed by atoms with van der Waals surface area (Å²) in [6.45, 7) is 5.99. The van der Waals surface area contributed by atoms with Crippen molar-refractivity contribution in [3.8, 4) is 0 Å². The van der Waals surface area contributed by atoms with Crippen LogP contribution in [0.25, 0.3) is 0 Å². The fourth-order valence-corrected chi connectivity index (χ4v) is 4.47. The van der Waals surface area contributed by atoms with Crippen LogP contribution in [0.4, 0.5) is 0 Å². The smallest absolute Gasteiger partial charge is 0.270 e. The number of carbonyl (C=O) groups excluding carboxylic acids is 1. The van der Waals surface area contributed by atoms with E-state index in [2.05, 4.69) is 39.1 Å². The molecule has 0 spiro atoms. The Bertz CT molecular complexity index is 864. The Morgan fingerprint density at radius 2 is 2.16 bits per heavy atom. The van der Waals surface area contributed by atoms with E-state index in [9.17, 15) is 4.79 Å². The number of carbonyl (C=O) groups is 1. The summed E-state index contributed by atoms with van der Waals surface area (Å²) < 4.78 is 1.68. The van der Waals surface area contributed by atoms with Gasteiger partial charge in [-0.3, -0.25) is 9.48 Å². The molecule has 3 rings (SSSR count). The van der Waals surface area contributed by atoms with Gasteiger partial charge in [0.2, 0.25) is 0 Å². The van der Waals surface area contributed by atoms with E-state index in [1.165, 1.54) is 5.56 Å². The van der Waals surface area contributed by atoms with Crippen LogP contribution >= 0.6 is 22.7 Å².